The number of rotatable bonds is 3. The first-order valence-electron chi connectivity index (χ1n) is 3.98. The third-order valence-electron chi connectivity index (χ3n) is 1.43. The molecule has 0 aromatic heterocycles. The number of hydrogen-bond donors (Lipinski definition) is 1. The molecule has 0 fully saturated rings. The minimum atomic E-state index is -0.629. The van der Waals surface area contributed by atoms with Crippen molar-refractivity contribution in [3.8, 4) is 0 Å². The highest BCUT2D eigenvalue weighted by molar-refractivity contribution is 8.93. The van der Waals surface area contributed by atoms with Crippen molar-refractivity contribution in [2.75, 3.05) is 0 Å². The summed E-state index contributed by atoms with van der Waals surface area (Å²) in [6.07, 6.45) is 0. The summed E-state index contributed by atoms with van der Waals surface area (Å²) in [6.45, 7) is 3.61. The van der Waals surface area contributed by atoms with Crippen molar-refractivity contribution in [2.24, 2.45) is 0 Å². The maximum Gasteiger partial charge on any atom is 0.105 e. The van der Waals surface area contributed by atoms with Gasteiger partial charge in [-0.1, -0.05) is 30.3 Å². The molecule has 0 aliphatic carbocycles. The molecule has 1 nitrogen and oxygen atoms in total. The molecule has 3 heteroatoms. The highest BCUT2D eigenvalue weighted by Gasteiger charge is 2.11. The quantitative estimate of drug-likeness (QED) is 0.845. The van der Waals surface area contributed by atoms with E-state index in [9.17, 15) is 5.11 Å². The highest BCUT2D eigenvalue weighted by Crippen LogP contribution is 2.24. The predicted molar refractivity (Wildman–Crippen MR) is 64.4 cm³/mol. The van der Waals surface area contributed by atoms with Crippen LogP contribution in [0.15, 0.2) is 30.3 Å². The van der Waals surface area contributed by atoms with Gasteiger partial charge in [0, 0.05) is 5.75 Å². The van der Waals surface area contributed by atoms with Crippen molar-refractivity contribution in [3.05, 3.63) is 35.9 Å². The van der Waals surface area contributed by atoms with Gasteiger partial charge in [-0.25, -0.2) is 0 Å². The van der Waals surface area contributed by atoms with E-state index in [2.05, 4.69) is 12.1 Å². The number of aliphatic hydroxyl groups is 1. The lowest BCUT2D eigenvalue weighted by atomic mass is 10.2. The van der Waals surface area contributed by atoms with E-state index >= 15 is 0 Å². The topological polar surface area (TPSA) is 20.2 Å². The zero-order chi connectivity index (χ0) is 9.03. The fraction of sp³-hybridized carbons (Fsp3) is 0.400. The highest BCUT2D eigenvalue weighted by atomic mass is 79.9. The zero-order valence-corrected chi connectivity index (χ0v) is 10.4. The van der Waals surface area contributed by atoms with Crippen LogP contribution < -0.4 is 0 Å². The summed E-state index contributed by atoms with van der Waals surface area (Å²) in [7, 11) is 0. The average molecular weight is 263 g/mol. The number of thioether (sulfide) groups is 1. The Kier molecular flexibility index (Phi) is 5.68. The zero-order valence-electron chi connectivity index (χ0n) is 7.86. The van der Waals surface area contributed by atoms with E-state index < -0.39 is 4.93 Å². The monoisotopic (exact) mass is 262 g/mol. The lowest BCUT2D eigenvalue weighted by Gasteiger charge is -2.15. The molecule has 0 atom stereocenters. The molecule has 74 valence electrons. The fourth-order valence-corrected chi connectivity index (χ4v) is 1.55. The second-order valence-corrected chi connectivity index (χ2v) is 4.80. The second-order valence-electron chi connectivity index (χ2n) is 3.22. The molecule has 0 saturated heterocycles. The Labute approximate surface area is 94.3 Å². The van der Waals surface area contributed by atoms with Gasteiger partial charge in [-0.05, 0) is 19.4 Å². The van der Waals surface area contributed by atoms with Crippen LogP contribution in [-0.2, 0) is 5.75 Å². The van der Waals surface area contributed by atoms with Crippen LogP contribution in [0.4, 0.5) is 0 Å². The lowest BCUT2D eigenvalue weighted by molar-refractivity contribution is 0.179. The smallest absolute Gasteiger partial charge is 0.105 e. The van der Waals surface area contributed by atoms with E-state index in [1.165, 1.54) is 5.56 Å². The molecule has 0 bridgehead atoms. The number of hydrogen-bond acceptors (Lipinski definition) is 2. The largest absolute Gasteiger partial charge is 0.380 e. The summed E-state index contributed by atoms with van der Waals surface area (Å²) < 4.78 is 0. The first-order valence-corrected chi connectivity index (χ1v) is 4.97. The maximum atomic E-state index is 9.44. The summed E-state index contributed by atoms with van der Waals surface area (Å²) in [5, 5.41) is 9.44. The Morgan fingerprint density at radius 1 is 1.23 bits per heavy atom. The van der Waals surface area contributed by atoms with Crippen molar-refractivity contribution in [1.29, 1.82) is 0 Å². The third-order valence-corrected chi connectivity index (χ3v) is 2.62. The predicted octanol–water partition coefficient (Wildman–Crippen LogP) is 3.23. The van der Waals surface area contributed by atoms with Gasteiger partial charge in [0.05, 0.1) is 0 Å². The third kappa shape index (κ3) is 6.13. The normalized spacial score (nSPS) is 10.7. The van der Waals surface area contributed by atoms with Crippen LogP contribution in [0.3, 0.4) is 0 Å². The summed E-state index contributed by atoms with van der Waals surface area (Å²) in [4.78, 5) is -0.629. The van der Waals surface area contributed by atoms with Gasteiger partial charge in [0.25, 0.3) is 0 Å². The molecule has 1 aromatic carbocycles. The van der Waals surface area contributed by atoms with Gasteiger partial charge in [0.1, 0.15) is 4.93 Å². The van der Waals surface area contributed by atoms with E-state index in [4.69, 9.17) is 0 Å². The Hall–Kier alpha value is 0.0100. The van der Waals surface area contributed by atoms with Gasteiger partial charge < -0.3 is 5.11 Å². The Balaban J connectivity index is 0.00000144. The number of halogens is 1. The molecule has 0 spiro atoms. The van der Waals surface area contributed by atoms with Crippen molar-refractivity contribution < 1.29 is 5.11 Å². The average Bonchev–Trinajstić information content (AvgIpc) is 2.02. The molecule has 0 saturated carbocycles. The Bertz CT molecular complexity index is 230. The van der Waals surface area contributed by atoms with Crippen LogP contribution in [0.1, 0.15) is 19.4 Å². The van der Waals surface area contributed by atoms with Crippen molar-refractivity contribution in [2.45, 2.75) is 24.5 Å². The summed E-state index contributed by atoms with van der Waals surface area (Å²) in [5.74, 6) is 0.865. The van der Waals surface area contributed by atoms with Gasteiger partial charge in [0.15, 0.2) is 0 Å². The Morgan fingerprint density at radius 3 is 2.23 bits per heavy atom. The van der Waals surface area contributed by atoms with Crippen LogP contribution in [0.25, 0.3) is 0 Å². The van der Waals surface area contributed by atoms with Crippen LogP contribution in [-0.4, -0.2) is 10.0 Å². The molecular weight excluding hydrogens is 248 g/mol. The molecule has 0 radical (unpaired) electrons. The molecule has 1 rings (SSSR count). The molecule has 0 heterocycles. The van der Waals surface area contributed by atoms with Gasteiger partial charge in [-0.15, -0.1) is 28.7 Å². The minimum absolute atomic E-state index is 0. The molecule has 1 N–H and O–H groups in total. The van der Waals surface area contributed by atoms with Crippen molar-refractivity contribution >= 4 is 28.7 Å². The van der Waals surface area contributed by atoms with Gasteiger partial charge in [0.2, 0.25) is 0 Å². The molecule has 0 aliphatic rings. The molecule has 0 unspecified atom stereocenters. The van der Waals surface area contributed by atoms with Gasteiger partial charge in [-0.2, -0.15) is 0 Å². The van der Waals surface area contributed by atoms with Crippen LogP contribution in [0.2, 0.25) is 0 Å². The van der Waals surface area contributed by atoms with E-state index in [1.54, 1.807) is 25.6 Å². The van der Waals surface area contributed by atoms with E-state index in [0.717, 1.165) is 5.75 Å². The van der Waals surface area contributed by atoms with E-state index in [-0.39, 0.29) is 17.0 Å². The summed E-state index contributed by atoms with van der Waals surface area (Å²) in [5.41, 5.74) is 1.25. The Morgan fingerprint density at radius 2 is 1.77 bits per heavy atom. The fourth-order valence-electron chi connectivity index (χ4n) is 0.834. The standard InChI is InChI=1S/C10H14OS.BrH/c1-10(2,11)12-8-9-6-4-3-5-7-9;/h3-7,11H,8H2,1-2H3;1H. The minimum Gasteiger partial charge on any atom is -0.380 e. The van der Waals surface area contributed by atoms with Gasteiger partial charge in [-0.3, -0.25) is 0 Å². The first-order chi connectivity index (χ1) is 5.58. The van der Waals surface area contributed by atoms with Crippen molar-refractivity contribution in [3.63, 3.8) is 0 Å². The van der Waals surface area contributed by atoms with Crippen molar-refractivity contribution in [1.82, 2.24) is 0 Å². The second kappa shape index (κ2) is 5.68. The van der Waals surface area contributed by atoms with Crippen LogP contribution in [0.5, 0.6) is 0 Å². The van der Waals surface area contributed by atoms with Crippen LogP contribution in [0, 0.1) is 0 Å². The SMILES string of the molecule is Br.CC(C)(O)SCc1ccccc1. The molecular formula is C10H15BrOS. The number of benzene rings is 1. The summed E-state index contributed by atoms with van der Waals surface area (Å²) >= 11 is 1.54. The van der Waals surface area contributed by atoms with E-state index in [1.807, 2.05) is 18.2 Å². The van der Waals surface area contributed by atoms with E-state index in [0.29, 0.717) is 0 Å². The van der Waals surface area contributed by atoms with Crippen LogP contribution >= 0.6 is 28.7 Å². The van der Waals surface area contributed by atoms with Gasteiger partial charge >= 0.3 is 0 Å². The molecule has 0 amide bonds. The molecule has 13 heavy (non-hydrogen) atoms. The summed E-state index contributed by atoms with van der Waals surface area (Å²) in [6, 6.07) is 10.2. The molecule has 0 aliphatic heterocycles. The first kappa shape index (κ1) is 13.0. The maximum absolute atomic E-state index is 9.44. The molecule has 1 aromatic rings. The lowest BCUT2D eigenvalue weighted by Crippen LogP contribution is -2.12.